The number of aromatic nitrogens is 2. The Kier molecular flexibility index (Phi) is 2.67. The molecule has 1 aromatic heterocycles. The Balaban J connectivity index is 2.10. The summed E-state index contributed by atoms with van der Waals surface area (Å²) < 4.78 is 0. The molecule has 3 rings (SSSR count). The zero-order valence-electron chi connectivity index (χ0n) is 10.4. The van der Waals surface area contributed by atoms with E-state index in [4.69, 9.17) is 11.5 Å². The number of anilines is 1. The van der Waals surface area contributed by atoms with Crippen molar-refractivity contribution in [1.29, 1.82) is 0 Å². The largest absolute Gasteiger partial charge is 0.382 e. The average molecular weight is 242 g/mol. The van der Waals surface area contributed by atoms with Crippen LogP contribution >= 0.6 is 0 Å². The van der Waals surface area contributed by atoms with Gasteiger partial charge in [0.2, 0.25) is 0 Å². The SMILES string of the molecule is NCC1(c2ccc3nc(N)cnc3c2)CCCC1. The normalized spacial score (nSPS) is 18.3. The first-order valence-corrected chi connectivity index (χ1v) is 6.46. The van der Waals surface area contributed by atoms with Gasteiger partial charge in [0.1, 0.15) is 5.82 Å². The lowest BCUT2D eigenvalue weighted by Crippen LogP contribution is -2.31. The third-order valence-corrected chi connectivity index (χ3v) is 4.12. The van der Waals surface area contributed by atoms with Crippen molar-refractivity contribution < 1.29 is 0 Å². The summed E-state index contributed by atoms with van der Waals surface area (Å²) in [6.07, 6.45) is 6.50. The second-order valence-corrected chi connectivity index (χ2v) is 5.19. The smallest absolute Gasteiger partial charge is 0.142 e. The quantitative estimate of drug-likeness (QED) is 0.844. The van der Waals surface area contributed by atoms with Gasteiger partial charge in [-0.05, 0) is 30.5 Å². The van der Waals surface area contributed by atoms with Gasteiger partial charge in [0, 0.05) is 12.0 Å². The van der Waals surface area contributed by atoms with E-state index in [1.54, 1.807) is 6.20 Å². The minimum absolute atomic E-state index is 0.150. The molecule has 18 heavy (non-hydrogen) atoms. The van der Waals surface area contributed by atoms with Crippen LogP contribution in [0.4, 0.5) is 5.82 Å². The lowest BCUT2D eigenvalue weighted by atomic mass is 9.79. The molecule has 94 valence electrons. The molecule has 4 heteroatoms. The van der Waals surface area contributed by atoms with Gasteiger partial charge in [-0.3, -0.25) is 4.98 Å². The number of hydrogen-bond donors (Lipinski definition) is 2. The Labute approximate surface area is 106 Å². The fourth-order valence-corrected chi connectivity index (χ4v) is 3.02. The van der Waals surface area contributed by atoms with Gasteiger partial charge < -0.3 is 11.5 Å². The predicted molar refractivity (Wildman–Crippen MR) is 73.2 cm³/mol. The van der Waals surface area contributed by atoms with Crippen LogP contribution in [-0.4, -0.2) is 16.5 Å². The van der Waals surface area contributed by atoms with E-state index in [2.05, 4.69) is 22.1 Å². The molecule has 1 aromatic carbocycles. The monoisotopic (exact) mass is 242 g/mol. The molecule has 1 aliphatic rings. The van der Waals surface area contributed by atoms with Crippen LogP contribution in [0.5, 0.6) is 0 Å². The molecule has 2 aromatic rings. The second-order valence-electron chi connectivity index (χ2n) is 5.19. The first-order chi connectivity index (χ1) is 8.73. The fourth-order valence-electron chi connectivity index (χ4n) is 3.02. The number of benzene rings is 1. The maximum atomic E-state index is 6.01. The Morgan fingerprint density at radius 1 is 1.17 bits per heavy atom. The van der Waals surface area contributed by atoms with Crippen LogP contribution in [0.15, 0.2) is 24.4 Å². The van der Waals surface area contributed by atoms with Crippen molar-refractivity contribution in [2.45, 2.75) is 31.1 Å². The Morgan fingerprint density at radius 3 is 2.67 bits per heavy atom. The van der Waals surface area contributed by atoms with Crippen LogP contribution in [0, 0.1) is 0 Å². The highest BCUT2D eigenvalue weighted by atomic mass is 14.9. The van der Waals surface area contributed by atoms with Crippen molar-refractivity contribution >= 4 is 16.9 Å². The molecular formula is C14H18N4. The number of hydrogen-bond acceptors (Lipinski definition) is 4. The summed E-state index contributed by atoms with van der Waals surface area (Å²) in [6, 6.07) is 6.26. The Bertz CT molecular complexity index is 573. The second kappa shape index (κ2) is 4.21. The highest BCUT2D eigenvalue weighted by Gasteiger charge is 2.34. The van der Waals surface area contributed by atoms with Gasteiger partial charge in [-0.1, -0.05) is 18.9 Å². The van der Waals surface area contributed by atoms with Crippen molar-refractivity contribution in [2.75, 3.05) is 12.3 Å². The average Bonchev–Trinajstić information content (AvgIpc) is 2.88. The summed E-state index contributed by atoms with van der Waals surface area (Å²) in [7, 11) is 0. The topological polar surface area (TPSA) is 77.8 Å². The highest BCUT2D eigenvalue weighted by molar-refractivity contribution is 5.76. The third-order valence-electron chi connectivity index (χ3n) is 4.12. The molecule has 4 N–H and O–H groups in total. The molecule has 0 saturated heterocycles. The van der Waals surface area contributed by atoms with Crippen molar-refractivity contribution in [3.05, 3.63) is 30.0 Å². The molecule has 0 atom stereocenters. The van der Waals surface area contributed by atoms with Crippen molar-refractivity contribution in [3.8, 4) is 0 Å². The summed E-state index contributed by atoms with van der Waals surface area (Å²) >= 11 is 0. The van der Waals surface area contributed by atoms with E-state index in [-0.39, 0.29) is 5.41 Å². The van der Waals surface area contributed by atoms with Crippen molar-refractivity contribution in [1.82, 2.24) is 9.97 Å². The van der Waals surface area contributed by atoms with Gasteiger partial charge in [-0.15, -0.1) is 0 Å². The summed E-state index contributed by atoms with van der Waals surface area (Å²) in [6.45, 7) is 0.709. The van der Waals surface area contributed by atoms with E-state index >= 15 is 0 Å². The molecule has 0 amide bonds. The van der Waals surface area contributed by atoms with E-state index in [9.17, 15) is 0 Å². The van der Waals surface area contributed by atoms with Crippen LogP contribution in [0.2, 0.25) is 0 Å². The molecule has 0 unspecified atom stereocenters. The minimum Gasteiger partial charge on any atom is -0.382 e. The molecule has 0 radical (unpaired) electrons. The molecule has 0 aliphatic heterocycles. The maximum Gasteiger partial charge on any atom is 0.142 e. The van der Waals surface area contributed by atoms with Gasteiger partial charge in [-0.25, -0.2) is 4.98 Å². The molecule has 4 nitrogen and oxygen atoms in total. The van der Waals surface area contributed by atoms with Crippen LogP contribution < -0.4 is 11.5 Å². The molecular weight excluding hydrogens is 224 g/mol. The van der Waals surface area contributed by atoms with Crippen LogP contribution in [0.1, 0.15) is 31.2 Å². The summed E-state index contributed by atoms with van der Waals surface area (Å²) in [4.78, 5) is 8.63. The van der Waals surface area contributed by atoms with E-state index in [0.717, 1.165) is 11.0 Å². The lowest BCUT2D eigenvalue weighted by Gasteiger charge is -2.27. The molecule has 1 saturated carbocycles. The molecule has 1 fully saturated rings. The van der Waals surface area contributed by atoms with Crippen molar-refractivity contribution in [2.24, 2.45) is 5.73 Å². The zero-order valence-corrected chi connectivity index (χ0v) is 10.4. The van der Waals surface area contributed by atoms with Crippen LogP contribution in [0.25, 0.3) is 11.0 Å². The standard InChI is InChI=1S/C14H18N4/c15-9-14(5-1-2-6-14)10-3-4-11-12(7-10)17-8-13(16)18-11/h3-4,7-8H,1-2,5-6,9,15H2,(H2,16,18). The first kappa shape index (κ1) is 11.4. The van der Waals surface area contributed by atoms with Gasteiger partial charge in [-0.2, -0.15) is 0 Å². The van der Waals surface area contributed by atoms with Crippen LogP contribution in [-0.2, 0) is 5.41 Å². The van der Waals surface area contributed by atoms with Crippen LogP contribution in [0.3, 0.4) is 0 Å². The van der Waals surface area contributed by atoms with E-state index in [1.165, 1.54) is 31.2 Å². The molecule has 1 heterocycles. The van der Waals surface area contributed by atoms with Gasteiger partial charge in [0.15, 0.2) is 0 Å². The summed E-state index contributed by atoms with van der Waals surface area (Å²) in [5.74, 6) is 0.463. The number of rotatable bonds is 2. The Morgan fingerprint density at radius 2 is 1.94 bits per heavy atom. The number of nitrogens with zero attached hydrogens (tertiary/aromatic N) is 2. The third kappa shape index (κ3) is 1.73. The number of fused-ring (bicyclic) bond motifs is 1. The zero-order chi connectivity index (χ0) is 12.6. The Hall–Kier alpha value is -1.68. The first-order valence-electron chi connectivity index (χ1n) is 6.46. The highest BCUT2D eigenvalue weighted by Crippen LogP contribution is 2.40. The molecule has 1 aliphatic carbocycles. The predicted octanol–water partition coefficient (Wildman–Crippen LogP) is 1.98. The minimum atomic E-state index is 0.150. The lowest BCUT2D eigenvalue weighted by molar-refractivity contribution is 0.453. The fraction of sp³-hybridized carbons (Fsp3) is 0.429. The van der Waals surface area contributed by atoms with Crippen molar-refractivity contribution in [3.63, 3.8) is 0 Å². The van der Waals surface area contributed by atoms with E-state index < -0.39 is 0 Å². The summed E-state index contributed by atoms with van der Waals surface area (Å²) in [5.41, 5.74) is 14.9. The van der Waals surface area contributed by atoms with Gasteiger partial charge in [0.25, 0.3) is 0 Å². The summed E-state index contributed by atoms with van der Waals surface area (Å²) in [5, 5.41) is 0. The van der Waals surface area contributed by atoms with Gasteiger partial charge >= 0.3 is 0 Å². The molecule has 0 bridgehead atoms. The maximum absolute atomic E-state index is 6.01. The number of nitrogen functional groups attached to an aromatic ring is 1. The van der Waals surface area contributed by atoms with Gasteiger partial charge in [0.05, 0.1) is 17.2 Å². The van der Waals surface area contributed by atoms with E-state index in [0.29, 0.717) is 12.4 Å². The van der Waals surface area contributed by atoms with E-state index in [1.807, 2.05) is 6.07 Å². The molecule has 0 spiro atoms. The number of nitrogens with two attached hydrogens (primary N) is 2.